The van der Waals surface area contributed by atoms with Crippen LogP contribution in [-0.4, -0.2) is 70.2 Å². The molecule has 0 radical (unpaired) electrons. The number of carbonyl (C=O) groups excluding carboxylic acids is 1. The van der Waals surface area contributed by atoms with Crippen molar-refractivity contribution in [3.8, 4) is 0 Å². The highest BCUT2D eigenvalue weighted by molar-refractivity contribution is 5.92. The first-order chi connectivity index (χ1) is 12.1. The second-order valence-electron chi connectivity index (χ2n) is 6.92. The number of carbonyl (C=O) groups is 1. The third kappa shape index (κ3) is 3.11. The molecule has 7 heteroatoms. The number of aryl methyl sites for hydroxylation is 1. The van der Waals surface area contributed by atoms with Gasteiger partial charge in [-0.1, -0.05) is 0 Å². The first kappa shape index (κ1) is 16.1. The number of piperazine rings is 1. The van der Waals surface area contributed by atoms with Gasteiger partial charge < -0.3 is 9.80 Å². The van der Waals surface area contributed by atoms with E-state index in [1.807, 2.05) is 34.1 Å². The van der Waals surface area contributed by atoms with Gasteiger partial charge in [0.15, 0.2) is 5.69 Å². The van der Waals surface area contributed by atoms with E-state index in [4.69, 9.17) is 0 Å². The summed E-state index contributed by atoms with van der Waals surface area (Å²) in [6.07, 6.45) is 3.71. The van der Waals surface area contributed by atoms with Crippen LogP contribution in [0.25, 0.3) is 0 Å². The smallest absolute Gasteiger partial charge is 0.274 e. The monoisotopic (exact) mass is 340 g/mol. The summed E-state index contributed by atoms with van der Waals surface area (Å²) >= 11 is 0. The van der Waals surface area contributed by atoms with Crippen LogP contribution in [0.5, 0.6) is 0 Å². The molecule has 0 N–H and O–H groups in total. The Balaban J connectivity index is 1.43. The minimum atomic E-state index is 0.0515. The Kier molecular flexibility index (Phi) is 4.17. The molecule has 0 aliphatic carbocycles. The van der Waals surface area contributed by atoms with Crippen LogP contribution in [0.4, 0.5) is 5.69 Å². The molecule has 132 valence electrons. The summed E-state index contributed by atoms with van der Waals surface area (Å²) in [4.78, 5) is 23.5. The van der Waals surface area contributed by atoms with Gasteiger partial charge in [0.25, 0.3) is 5.91 Å². The van der Waals surface area contributed by atoms with Gasteiger partial charge in [-0.25, -0.2) is 0 Å². The van der Waals surface area contributed by atoms with Crippen molar-refractivity contribution in [3.05, 3.63) is 41.5 Å². The summed E-state index contributed by atoms with van der Waals surface area (Å²) in [6, 6.07) is 4.00. The lowest BCUT2D eigenvalue weighted by atomic mass is 10.2. The molecule has 25 heavy (non-hydrogen) atoms. The van der Waals surface area contributed by atoms with E-state index in [1.165, 1.54) is 11.3 Å². The van der Waals surface area contributed by atoms with Crippen molar-refractivity contribution in [2.24, 2.45) is 0 Å². The SMILES string of the molecule is Cc1cnccc1N1CCN(C(=O)c2cc3n(n2)CCN(C)C3)CC1. The molecule has 7 nitrogen and oxygen atoms in total. The van der Waals surface area contributed by atoms with E-state index in [0.29, 0.717) is 5.69 Å². The summed E-state index contributed by atoms with van der Waals surface area (Å²) in [6.45, 7) is 7.90. The van der Waals surface area contributed by atoms with Gasteiger partial charge in [-0.2, -0.15) is 5.10 Å². The minimum Gasteiger partial charge on any atom is -0.368 e. The largest absolute Gasteiger partial charge is 0.368 e. The summed E-state index contributed by atoms with van der Waals surface area (Å²) in [5.74, 6) is 0.0515. The van der Waals surface area contributed by atoms with Gasteiger partial charge in [-0.3, -0.25) is 19.4 Å². The number of likely N-dealkylation sites (N-methyl/N-ethyl adjacent to an activating group) is 1. The van der Waals surface area contributed by atoms with E-state index in [2.05, 4.69) is 33.9 Å². The van der Waals surface area contributed by atoms with Crippen LogP contribution < -0.4 is 4.90 Å². The Morgan fingerprint density at radius 3 is 2.68 bits per heavy atom. The van der Waals surface area contributed by atoms with Gasteiger partial charge in [0.05, 0.1) is 12.2 Å². The summed E-state index contributed by atoms with van der Waals surface area (Å²) in [7, 11) is 2.10. The highest BCUT2D eigenvalue weighted by atomic mass is 16.2. The van der Waals surface area contributed by atoms with Crippen molar-refractivity contribution >= 4 is 11.6 Å². The van der Waals surface area contributed by atoms with E-state index in [1.54, 1.807) is 0 Å². The highest BCUT2D eigenvalue weighted by Gasteiger charge is 2.26. The van der Waals surface area contributed by atoms with Crippen LogP contribution in [0.3, 0.4) is 0 Å². The molecule has 1 saturated heterocycles. The zero-order valence-electron chi connectivity index (χ0n) is 14.9. The number of hydrogen-bond acceptors (Lipinski definition) is 5. The number of amides is 1. The number of fused-ring (bicyclic) bond motifs is 1. The van der Waals surface area contributed by atoms with Gasteiger partial charge in [0.1, 0.15) is 0 Å². The fourth-order valence-corrected chi connectivity index (χ4v) is 3.64. The Morgan fingerprint density at radius 2 is 1.92 bits per heavy atom. The lowest BCUT2D eigenvalue weighted by Gasteiger charge is -2.36. The van der Waals surface area contributed by atoms with Crippen LogP contribution in [0.15, 0.2) is 24.5 Å². The highest BCUT2D eigenvalue weighted by Crippen LogP contribution is 2.21. The molecule has 1 fully saturated rings. The van der Waals surface area contributed by atoms with Crippen LogP contribution in [0.2, 0.25) is 0 Å². The van der Waals surface area contributed by atoms with Crippen molar-refractivity contribution in [1.82, 2.24) is 24.6 Å². The van der Waals surface area contributed by atoms with Crippen LogP contribution >= 0.6 is 0 Å². The molecule has 1 amide bonds. The van der Waals surface area contributed by atoms with Crippen LogP contribution in [0.1, 0.15) is 21.7 Å². The maximum absolute atomic E-state index is 12.8. The van der Waals surface area contributed by atoms with Crippen molar-refractivity contribution in [2.75, 3.05) is 44.7 Å². The molecule has 4 heterocycles. The van der Waals surface area contributed by atoms with Crippen molar-refractivity contribution < 1.29 is 4.79 Å². The summed E-state index contributed by atoms with van der Waals surface area (Å²) < 4.78 is 1.98. The first-order valence-electron chi connectivity index (χ1n) is 8.82. The minimum absolute atomic E-state index is 0.0515. The molecule has 2 aliphatic rings. The molecular weight excluding hydrogens is 316 g/mol. The Hall–Kier alpha value is -2.41. The van der Waals surface area contributed by atoms with E-state index >= 15 is 0 Å². The average Bonchev–Trinajstić information content (AvgIpc) is 3.05. The zero-order chi connectivity index (χ0) is 17.4. The van der Waals surface area contributed by atoms with Crippen molar-refractivity contribution in [3.63, 3.8) is 0 Å². The van der Waals surface area contributed by atoms with Gasteiger partial charge in [-0.15, -0.1) is 0 Å². The molecule has 4 rings (SSSR count). The third-order valence-corrected chi connectivity index (χ3v) is 5.11. The molecule has 2 aromatic rings. The topological polar surface area (TPSA) is 57.5 Å². The Morgan fingerprint density at radius 1 is 1.12 bits per heavy atom. The number of hydrogen-bond donors (Lipinski definition) is 0. The maximum atomic E-state index is 12.8. The standard InChI is InChI=1S/C18H24N6O/c1-14-12-19-4-3-17(14)22-6-8-23(9-7-22)18(25)16-11-15-13-21(2)5-10-24(15)20-16/h3-4,11-12H,5-10,13H2,1-2H3. The summed E-state index contributed by atoms with van der Waals surface area (Å²) in [5.41, 5.74) is 4.10. The molecule has 2 aromatic heterocycles. The number of anilines is 1. The molecule has 2 aliphatic heterocycles. The molecule has 0 atom stereocenters. The van der Waals surface area contributed by atoms with Gasteiger partial charge in [0, 0.05) is 57.3 Å². The van der Waals surface area contributed by atoms with E-state index in [0.717, 1.165) is 51.5 Å². The maximum Gasteiger partial charge on any atom is 0.274 e. The van der Waals surface area contributed by atoms with Gasteiger partial charge >= 0.3 is 0 Å². The number of pyridine rings is 1. The van der Waals surface area contributed by atoms with Crippen LogP contribution in [-0.2, 0) is 13.1 Å². The number of rotatable bonds is 2. The molecule has 0 unspecified atom stereocenters. The molecular formula is C18H24N6O. The second-order valence-corrected chi connectivity index (χ2v) is 6.92. The van der Waals surface area contributed by atoms with E-state index in [9.17, 15) is 4.79 Å². The van der Waals surface area contributed by atoms with Crippen molar-refractivity contribution in [1.29, 1.82) is 0 Å². The Labute approximate surface area is 147 Å². The molecule has 0 saturated carbocycles. The Bertz CT molecular complexity index is 778. The lowest BCUT2D eigenvalue weighted by molar-refractivity contribution is 0.0739. The fourth-order valence-electron chi connectivity index (χ4n) is 3.64. The van der Waals surface area contributed by atoms with Crippen LogP contribution in [0, 0.1) is 6.92 Å². The number of aromatic nitrogens is 3. The number of nitrogens with zero attached hydrogens (tertiary/aromatic N) is 6. The zero-order valence-corrected chi connectivity index (χ0v) is 14.9. The third-order valence-electron chi connectivity index (χ3n) is 5.11. The summed E-state index contributed by atoms with van der Waals surface area (Å²) in [5, 5.41) is 4.53. The molecule has 0 aromatic carbocycles. The normalized spacial score (nSPS) is 18.3. The van der Waals surface area contributed by atoms with E-state index in [-0.39, 0.29) is 5.91 Å². The average molecular weight is 340 g/mol. The predicted octanol–water partition coefficient (Wildman–Crippen LogP) is 0.994. The van der Waals surface area contributed by atoms with E-state index < -0.39 is 0 Å². The second kappa shape index (κ2) is 6.48. The quantitative estimate of drug-likeness (QED) is 0.816. The fraction of sp³-hybridized carbons (Fsp3) is 0.500. The molecule has 0 bridgehead atoms. The molecule has 0 spiro atoms. The first-order valence-corrected chi connectivity index (χ1v) is 8.82. The van der Waals surface area contributed by atoms with Gasteiger partial charge in [0.2, 0.25) is 0 Å². The lowest BCUT2D eigenvalue weighted by Crippen LogP contribution is -2.49. The predicted molar refractivity (Wildman–Crippen MR) is 95.7 cm³/mol. The van der Waals surface area contributed by atoms with Gasteiger partial charge in [-0.05, 0) is 31.7 Å². The van der Waals surface area contributed by atoms with Crippen molar-refractivity contribution in [2.45, 2.75) is 20.0 Å².